The van der Waals surface area contributed by atoms with Crippen LogP contribution in [0.15, 0.2) is 0 Å². The second kappa shape index (κ2) is 11.0. The molecule has 4 unspecified atom stereocenters. The molecular formula is C22H44N4. The highest BCUT2D eigenvalue weighted by Crippen LogP contribution is 2.26. The Kier molecular flexibility index (Phi) is 8.70. The molecule has 4 fully saturated rings. The van der Waals surface area contributed by atoms with Gasteiger partial charge in [0.15, 0.2) is 0 Å². The summed E-state index contributed by atoms with van der Waals surface area (Å²) in [6.07, 6.45) is 15.5. The van der Waals surface area contributed by atoms with Crippen LogP contribution in [0.5, 0.6) is 0 Å². The highest BCUT2D eigenvalue weighted by molar-refractivity contribution is 4.88. The highest BCUT2D eigenvalue weighted by Gasteiger charge is 2.29. The van der Waals surface area contributed by atoms with Crippen molar-refractivity contribution in [2.24, 2.45) is 5.92 Å². The van der Waals surface area contributed by atoms with Gasteiger partial charge in [0.05, 0.1) is 0 Å². The predicted molar refractivity (Wildman–Crippen MR) is 112 cm³/mol. The molecule has 4 atom stereocenters. The first kappa shape index (κ1) is 20.6. The summed E-state index contributed by atoms with van der Waals surface area (Å²) in [5.74, 6) is 0.926. The molecule has 0 aromatic heterocycles. The molecule has 0 aromatic carbocycles. The number of hydrogen-bond donors (Lipinski definition) is 2. The van der Waals surface area contributed by atoms with Crippen molar-refractivity contribution in [3.8, 4) is 0 Å². The number of hydrogen-bond acceptors (Lipinski definition) is 4. The standard InChI is InChI=1S/2C11H22N2/c1-13-9-5-3-6-10-11(13)7-2-4-8-12-10;1-13-8-3-2-5-10-9-12-7-4-6-11(10)13/h2*10-12H,2-9H2,1H3. The lowest BCUT2D eigenvalue weighted by Gasteiger charge is -2.31. The summed E-state index contributed by atoms with van der Waals surface area (Å²) in [5, 5.41) is 7.28. The minimum absolute atomic E-state index is 0.787. The lowest BCUT2D eigenvalue weighted by molar-refractivity contribution is 0.187. The van der Waals surface area contributed by atoms with Crippen LogP contribution in [0, 0.1) is 5.92 Å². The average Bonchev–Trinajstić information content (AvgIpc) is 3.13. The molecule has 0 aliphatic carbocycles. The molecule has 0 spiro atoms. The summed E-state index contributed by atoms with van der Waals surface area (Å²) in [7, 11) is 4.62. The average molecular weight is 365 g/mol. The van der Waals surface area contributed by atoms with Gasteiger partial charge in [-0.1, -0.05) is 19.3 Å². The Balaban J connectivity index is 0.000000151. The molecule has 4 rings (SSSR count). The molecule has 0 bridgehead atoms. The van der Waals surface area contributed by atoms with Crippen molar-refractivity contribution < 1.29 is 0 Å². The van der Waals surface area contributed by atoms with Gasteiger partial charge in [0.2, 0.25) is 0 Å². The fourth-order valence-corrected chi connectivity index (χ4v) is 5.72. The second-order valence-corrected chi connectivity index (χ2v) is 9.25. The van der Waals surface area contributed by atoms with Crippen molar-refractivity contribution in [3.05, 3.63) is 0 Å². The van der Waals surface area contributed by atoms with Crippen molar-refractivity contribution in [3.63, 3.8) is 0 Å². The van der Waals surface area contributed by atoms with E-state index in [2.05, 4.69) is 34.5 Å². The number of likely N-dealkylation sites (N-methyl/N-ethyl adjacent to an activating group) is 1. The molecule has 4 saturated heterocycles. The van der Waals surface area contributed by atoms with E-state index < -0.39 is 0 Å². The Morgan fingerprint density at radius 3 is 2.19 bits per heavy atom. The fraction of sp³-hybridized carbons (Fsp3) is 1.00. The molecule has 4 heterocycles. The molecular weight excluding hydrogens is 320 g/mol. The van der Waals surface area contributed by atoms with Gasteiger partial charge in [-0.2, -0.15) is 0 Å². The normalized spacial score (nSPS) is 37.6. The van der Waals surface area contributed by atoms with Crippen molar-refractivity contribution >= 4 is 0 Å². The van der Waals surface area contributed by atoms with Crippen LogP contribution in [0.25, 0.3) is 0 Å². The minimum Gasteiger partial charge on any atom is -0.316 e. The Labute approximate surface area is 162 Å². The van der Waals surface area contributed by atoms with E-state index in [1.54, 1.807) is 0 Å². The third-order valence-electron chi connectivity index (χ3n) is 7.35. The van der Waals surface area contributed by atoms with Crippen LogP contribution in [0.4, 0.5) is 0 Å². The quantitative estimate of drug-likeness (QED) is 0.691. The van der Waals surface area contributed by atoms with E-state index in [1.807, 2.05) is 0 Å². The van der Waals surface area contributed by atoms with Crippen LogP contribution in [0.1, 0.15) is 70.6 Å². The van der Waals surface area contributed by atoms with Crippen LogP contribution in [0.3, 0.4) is 0 Å². The number of rotatable bonds is 0. The first-order valence-corrected chi connectivity index (χ1v) is 11.6. The van der Waals surface area contributed by atoms with Crippen LogP contribution in [-0.2, 0) is 0 Å². The van der Waals surface area contributed by atoms with Gasteiger partial charge in [0, 0.05) is 18.1 Å². The summed E-state index contributed by atoms with van der Waals surface area (Å²) in [6.45, 7) is 6.37. The summed E-state index contributed by atoms with van der Waals surface area (Å²) < 4.78 is 0. The Bertz CT molecular complexity index is 348. The van der Waals surface area contributed by atoms with Crippen LogP contribution >= 0.6 is 0 Å². The topological polar surface area (TPSA) is 30.5 Å². The van der Waals surface area contributed by atoms with Crippen molar-refractivity contribution in [1.82, 2.24) is 20.4 Å². The largest absolute Gasteiger partial charge is 0.316 e. The summed E-state index contributed by atoms with van der Waals surface area (Å²) in [6, 6.07) is 2.48. The highest BCUT2D eigenvalue weighted by atomic mass is 15.2. The maximum atomic E-state index is 3.71. The zero-order valence-corrected chi connectivity index (χ0v) is 17.5. The monoisotopic (exact) mass is 364 g/mol. The van der Waals surface area contributed by atoms with Gasteiger partial charge in [-0.3, -0.25) is 0 Å². The van der Waals surface area contributed by atoms with Crippen molar-refractivity contribution in [2.75, 3.05) is 46.8 Å². The minimum atomic E-state index is 0.787. The van der Waals surface area contributed by atoms with Crippen LogP contribution < -0.4 is 10.6 Å². The van der Waals surface area contributed by atoms with E-state index in [4.69, 9.17) is 0 Å². The van der Waals surface area contributed by atoms with Gasteiger partial charge in [0.25, 0.3) is 0 Å². The van der Waals surface area contributed by atoms with Gasteiger partial charge in [-0.05, 0) is 104 Å². The lowest BCUT2D eigenvalue weighted by atomic mass is 9.93. The van der Waals surface area contributed by atoms with Crippen LogP contribution in [0.2, 0.25) is 0 Å². The van der Waals surface area contributed by atoms with Crippen molar-refractivity contribution in [1.29, 1.82) is 0 Å². The van der Waals surface area contributed by atoms with Crippen LogP contribution in [-0.4, -0.2) is 74.7 Å². The molecule has 0 radical (unpaired) electrons. The molecule has 0 amide bonds. The van der Waals surface area contributed by atoms with Gasteiger partial charge in [0.1, 0.15) is 0 Å². The number of nitrogens with one attached hydrogen (secondary N) is 2. The third kappa shape index (κ3) is 5.92. The van der Waals surface area contributed by atoms with E-state index >= 15 is 0 Å². The second-order valence-electron chi connectivity index (χ2n) is 9.25. The van der Waals surface area contributed by atoms with E-state index in [0.717, 1.165) is 24.0 Å². The Morgan fingerprint density at radius 1 is 0.654 bits per heavy atom. The van der Waals surface area contributed by atoms with E-state index in [0.29, 0.717) is 0 Å². The molecule has 0 aromatic rings. The third-order valence-corrected chi connectivity index (χ3v) is 7.35. The predicted octanol–water partition coefficient (Wildman–Crippen LogP) is 3.08. The first-order valence-electron chi connectivity index (χ1n) is 11.6. The summed E-state index contributed by atoms with van der Waals surface area (Å²) in [4.78, 5) is 5.18. The molecule has 152 valence electrons. The van der Waals surface area contributed by atoms with Gasteiger partial charge in [-0.15, -0.1) is 0 Å². The smallest absolute Gasteiger partial charge is 0.0246 e. The molecule has 4 aliphatic heterocycles. The first-order chi connectivity index (χ1) is 12.8. The molecule has 4 heteroatoms. The van der Waals surface area contributed by atoms with E-state index in [1.165, 1.54) is 103 Å². The van der Waals surface area contributed by atoms with Gasteiger partial charge >= 0.3 is 0 Å². The Morgan fingerprint density at radius 2 is 1.35 bits per heavy atom. The number of nitrogens with zero attached hydrogens (tertiary/aromatic N) is 2. The number of fused-ring (bicyclic) bond motifs is 2. The number of likely N-dealkylation sites (tertiary alicyclic amines) is 2. The zero-order chi connectivity index (χ0) is 18.2. The fourth-order valence-electron chi connectivity index (χ4n) is 5.72. The van der Waals surface area contributed by atoms with E-state index in [-0.39, 0.29) is 0 Å². The van der Waals surface area contributed by atoms with E-state index in [9.17, 15) is 0 Å². The summed E-state index contributed by atoms with van der Waals surface area (Å²) >= 11 is 0. The molecule has 4 nitrogen and oxygen atoms in total. The molecule has 2 N–H and O–H groups in total. The summed E-state index contributed by atoms with van der Waals surface area (Å²) in [5.41, 5.74) is 0. The van der Waals surface area contributed by atoms with Gasteiger partial charge < -0.3 is 20.4 Å². The molecule has 26 heavy (non-hydrogen) atoms. The molecule has 4 aliphatic rings. The van der Waals surface area contributed by atoms with Gasteiger partial charge in [-0.25, -0.2) is 0 Å². The maximum absolute atomic E-state index is 3.71. The molecule has 0 saturated carbocycles. The lowest BCUT2D eigenvalue weighted by Crippen LogP contribution is -2.46. The zero-order valence-electron chi connectivity index (χ0n) is 17.5. The maximum Gasteiger partial charge on any atom is 0.0246 e. The SMILES string of the molecule is CN1CCCCC2CNCCCC21.CN1CCCCC2NCCCCC21. The van der Waals surface area contributed by atoms with Crippen molar-refractivity contribution in [2.45, 2.75) is 88.8 Å². The Hall–Kier alpha value is -0.160.